The Kier molecular flexibility index (Phi) is 6.45. The van der Waals surface area contributed by atoms with Crippen molar-refractivity contribution in [1.82, 2.24) is 14.7 Å². The highest BCUT2D eigenvalue weighted by Gasteiger charge is 2.54. The molecule has 4 rings (SSSR count). The minimum atomic E-state index is -0.222. The number of carbonyl (C=O) groups is 1. The molecule has 2 fully saturated rings. The minimum Gasteiger partial charge on any atom is -0.497 e. The monoisotopic (exact) mass is 437 g/mol. The number of benzene rings is 2. The van der Waals surface area contributed by atoms with Gasteiger partial charge in [-0.25, -0.2) is 4.79 Å². The summed E-state index contributed by atoms with van der Waals surface area (Å²) in [5.74, 6) is 0.813. The molecule has 1 aliphatic heterocycles. The lowest BCUT2D eigenvalue weighted by atomic mass is 9.68. The number of β-amino-alcohol motifs (C(OH)–C–C–N with tert-alkyl or cyclic N) is 1. The average Bonchev–Trinajstić information content (AvgIpc) is 3.06. The predicted octanol–water partition coefficient (Wildman–Crippen LogP) is 3.70. The maximum atomic E-state index is 13.4. The summed E-state index contributed by atoms with van der Waals surface area (Å²) in [4.78, 5) is 19.6. The number of hydrogen-bond donors (Lipinski definition) is 1. The van der Waals surface area contributed by atoms with Gasteiger partial charge < -0.3 is 19.6 Å². The summed E-state index contributed by atoms with van der Waals surface area (Å²) in [5.41, 5.74) is 2.18. The maximum Gasteiger partial charge on any atom is 0.320 e. The molecule has 1 saturated heterocycles. The normalized spacial score (nSPS) is 25.7. The first-order valence-electron chi connectivity index (χ1n) is 11.5. The molecule has 0 radical (unpaired) electrons. The second kappa shape index (κ2) is 9.12. The van der Waals surface area contributed by atoms with Crippen molar-refractivity contribution in [2.45, 2.75) is 43.3 Å². The van der Waals surface area contributed by atoms with Gasteiger partial charge in [-0.1, -0.05) is 42.5 Å². The fourth-order valence-electron chi connectivity index (χ4n) is 5.69. The molecule has 1 saturated carbocycles. The van der Waals surface area contributed by atoms with Crippen molar-refractivity contribution < 1.29 is 14.6 Å². The molecule has 1 heterocycles. The number of rotatable bonds is 7. The molecule has 0 bridgehead atoms. The van der Waals surface area contributed by atoms with E-state index in [1.54, 1.807) is 7.11 Å². The molecule has 2 aromatic rings. The van der Waals surface area contributed by atoms with Crippen molar-refractivity contribution in [2.75, 3.05) is 40.9 Å². The van der Waals surface area contributed by atoms with E-state index in [0.29, 0.717) is 19.6 Å². The molecule has 2 amide bonds. The highest BCUT2D eigenvalue weighted by Crippen LogP contribution is 2.49. The van der Waals surface area contributed by atoms with Gasteiger partial charge in [-0.2, -0.15) is 0 Å². The van der Waals surface area contributed by atoms with Crippen LogP contribution in [0.1, 0.15) is 36.8 Å². The Morgan fingerprint density at radius 3 is 2.22 bits per heavy atom. The predicted molar refractivity (Wildman–Crippen MR) is 126 cm³/mol. The van der Waals surface area contributed by atoms with Crippen LogP contribution in [0.3, 0.4) is 0 Å². The molecule has 6 heteroatoms. The SMILES string of the molecule is COc1ccc(CN2CC3(CCC(c4ccccc4)(N(C)C)CC3)N(CCO)C2=O)cc1. The van der Waals surface area contributed by atoms with E-state index in [1.807, 2.05) is 34.1 Å². The van der Waals surface area contributed by atoms with Gasteiger partial charge in [-0.05, 0) is 63.0 Å². The molecule has 2 aliphatic rings. The fourth-order valence-corrected chi connectivity index (χ4v) is 5.69. The number of aliphatic hydroxyl groups excluding tert-OH is 1. The van der Waals surface area contributed by atoms with Crippen molar-refractivity contribution in [1.29, 1.82) is 0 Å². The number of ether oxygens (including phenoxy) is 1. The first kappa shape index (κ1) is 22.6. The van der Waals surface area contributed by atoms with E-state index >= 15 is 0 Å². The van der Waals surface area contributed by atoms with Crippen LogP contribution in [0.25, 0.3) is 0 Å². The van der Waals surface area contributed by atoms with Crippen LogP contribution in [0.15, 0.2) is 54.6 Å². The first-order chi connectivity index (χ1) is 15.4. The molecule has 0 unspecified atom stereocenters. The van der Waals surface area contributed by atoms with Crippen molar-refractivity contribution in [2.24, 2.45) is 0 Å². The van der Waals surface area contributed by atoms with Gasteiger partial charge in [-0.15, -0.1) is 0 Å². The first-order valence-corrected chi connectivity index (χ1v) is 11.5. The summed E-state index contributed by atoms with van der Waals surface area (Å²) in [7, 11) is 5.97. The highest BCUT2D eigenvalue weighted by atomic mass is 16.5. The van der Waals surface area contributed by atoms with Gasteiger partial charge in [0.25, 0.3) is 0 Å². The number of carbonyl (C=O) groups excluding carboxylic acids is 1. The smallest absolute Gasteiger partial charge is 0.320 e. The van der Waals surface area contributed by atoms with Crippen LogP contribution >= 0.6 is 0 Å². The number of amides is 2. The Labute approximate surface area is 191 Å². The van der Waals surface area contributed by atoms with E-state index in [2.05, 4.69) is 49.3 Å². The van der Waals surface area contributed by atoms with Gasteiger partial charge in [0.1, 0.15) is 5.75 Å². The van der Waals surface area contributed by atoms with Crippen molar-refractivity contribution >= 4 is 6.03 Å². The molecule has 0 aromatic heterocycles. The number of hydrogen-bond acceptors (Lipinski definition) is 4. The number of nitrogens with zero attached hydrogens (tertiary/aromatic N) is 3. The molecule has 0 atom stereocenters. The Morgan fingerprint density at radius 2 is 1.66 bits per heavy atom. The van der Waals surface area contributed by atoms with Gasteiger partial charge in [0, 0.05) is 25.2 Å². The quantitative estimate of drug-likeness (QED) is 0.718. The van der Waals surface area contributed by atoms with E-state index in [1.165, 1.54) is 5.56 Å². The molecule has 1 aliphatic carbocycles. The van der Waals surface area contributed by atoms with E-state index in [0.717, 1.165) is 37.0 Å². The maximum absolute atomic E-state index is 13.4. The molecular weight excluding hydrogens is 402 g/mol. The van der Waals surface area contributed by atoms with Gasteiger partial charge in [0.2, 0.25) is 0 Å². The van der Waals surface area contributed by atoms with Crippen LogP contribution in [0, 0.1) is 0 Å². The van der Waals surface area contributed by atoms with Crippen LogP contribution in [0.5, 0.6) is 5.75 Å². The third kappa shape index (κ3) is 3.97. The molecule has 1 spiro atoms. The summed E-state index contributed by atoms with van der Waals surface area (Å²) in [6.07, 6.45) is 3.81. The largest absolute Gasteiger partial charge is 0.497 e. The summed E-state index contributed by atoms with van der Waals surface area (Å²) >= 11 is 0. The standard InChI is InChI=1S/C26H35N3O3/c1-27(2)26(22-7-5-4-6-8-22)15-13-25(14-16-26)20-28(24(31)29(25)17-18-30)19-21-9-11-23(32-3)12-10-21/h4-12,30H,13-20H2,1-3H3. The van der Waals surface area contributed by atoms with Crippen molar-refractivity contribution in [3.8, 4) is 5.75 Å². The Morgan fingerprint density at radius 1 is 1.00 bits per heavy atom. The Hall–Kier alpha value is -2.57. The molecule has 172 valence electrons. The van der Waals surface area contributed by atoms with E-state index in [9.17, 15) is 9.90 Å². The molecular formula is C26H35N3O3. The Balaban J connectivity index is 1.55. The van der Waals surface area contributed by atoms with E-state index in [4.69, 9.17) is 4.74 Å². The summed E-state index contributed by atoms with van der Waals surface area (Å²) in [5, 5.41) is 9.73. The molecule has 32 heavy (non-hydrogen) atoms. The van der Waals surface area contributed by atoms with Crippen LogP contribution in [0.2, 0.25) is 0 Å². The summed E-state index contributed by atoms with van der Waals surface area (Å²) < 4.78 is 5.25. The van der Waals surface area contributed by atoms with Crippen LogP contribution in [-0.4, -0.2) is 72.3 Å². The van der Waals surface area contributed by atoms with Crippen LogP contribution in [0.4, 0.5) is 4.79 Å². The second-order valence-corrected chi connectivity index (χ2v) is 9.38. The lowest BCUT2D eigenvalue weighted by molar-refractivity contribution is 0.0201. The molecule has 6 nitrogen and oxygen atoms in total. The number of methoxy groups -OCH3 is 1. The van der Waals surface area contributed by atoms with Gasteiger partial charge >= 0.3 is 6.03 Å². The molecule has 2 aromatic carbocycles. The van der Waals surface area contributed by atoms with Gasteiger partial charge in [0.05, 0.1) is 19.3 Å². The zero-order chi connectivity index (χ0) is 22.8. The van der Waals surface area contributed by atoms with Gasteiger partial charge in [0.15, 0.2) is 0 Å². The van der Waals surface area contributed by atoms with E-state index < -0.39 is 0 Å². The highest BCUT2D eigenvalue weighted by molar-refractivity contribution is 5.78. The van der Waals surface area contributed by atoms with Crippen LogP contribution in [-0.2, 0) is 12.1 Å². The van der Waals surface area contributed by atoms with E-state index in [-0.39, 0.29) is 23.7 Å². The summed E-state index contributed by atoms with van der Waals surface area (Å²) in [6.45, 7) is 1.65. The minimum absolute atomic E-state index is 0.0125. The average molecular weight is 438 g/mol. The summed E-state index contributed by atoms with van der Waals surface area (Å²) in [6, 6.07) is 18.7. The van der Waals surface area contributed by atoms with Crippen molar-refractivity contribution in [3.05, 3.63) is 65.7 Å². The van der Waals surface area contributed by atoms with Crippen molar-refractivity contribution in [3.63, 3.8) is 0 Å². The Bertz CT molecular complexity index is 906. The zero-order valence-electron chi connectivity index (χ0n) is 19.5. The van der Waals surface area contributed by atoms with Gasteiger partial charge in [-0.3, -0.25) is 4.90 Å². The third-order valence-corrected chi connectivity index (χ3v) is 7.59. The number of aliphatic hydroxyl groups is 1. The van der Waals surface area contributed by atoms with Crippen LogP contribution < -0.4 is 4.74 Å². The molecule has 1 N–H and O–H groups in total. The topological polar surface area (TPSA) is 56.3 Å². The third-order valence-electron chi connectivity index (χ3n) is 7.59. The lowest BCUT2D eigenvalue weighted by Crippen LogP contribution is -2.55. The fraction of sp³-hybridized carbons (Fsp3) is 0.500. The zero-order valence-corrected chi connectivity index (χ0v) is 19.5. The second-order valence-electron chi connectivity index (χ2n) is 9.38. The number of urea groups is 1. The lowest BCUT2D eigenvalue weighted by Gasteiger charge is -2.51.